The highest BCUT2D eigenvalue weighted by Crippen LogP contribution is 2.31. The Hall–Kier alpha value is -2.60. The van der Waals surface area contributed by atoms with E-state index in [4.69, 9.17) is 0 Å². The van der Waals surface area contributed by atoms with Gasteiger partial charge in [0.2, 0.25) is 5.91 Å². The Labute approximate surface area is 153 Å². The van der Waals surface area contributed by atoms with Crippen molar-refractivity contribution in [2.75, 3.05) is 10.2 Å². The summed E-state index contributed by atoms with van der Waals surface area (Å²) >= 11 is 0. The monoisotopic (exact) mass is 360 g/mol. The smallest absolute Gasteiger partial charge is 0.326 e. The molecule has 0 saturated carbocycles. The number of aromatic nitrogens is 1. The molecular formula is C18H21ClN4O2. The second-order valence-corrected chi connectivity index (χ2v) is 5.79. The van der Waals surface area contributed by atoms with Crippen molar-refractivity contribution in [1.29, 1.82) is 0 Å². The molecule has 2 aromatic rings. The number of rotatable bonds is 4. The van der Waals surface area contributed by atoms with Gasteiger partial charge in [0.25, 0.3) is 0 Å². The van der Waals surface area contributed by atoms with E-state index in [-0.39, 0.29) is 30.3 Å². The lowest BCUT2D eigenvalue weighted by molar-refractivity contribution is -0.119. The van der Waals surface area contributed by atoms with E-state index >= 15 is 0 Å². The van der Waals surface area contributed by atoms with Crippen LogP contribution in [-0.2, 0) is 11.3 Å². The number of carbonyl (C=O) groups excluding carboxylic acids is 2. The summed E-state index contributed by atoms with van der Waals surface area (Å²) in [6.07, 6.45) is 0.772. The minimum Gasteiger partial charge on any atom is -0.332 e. The summed E-state index contributed by atoms with van der Waals surface area (Å²) in [7, 11) is 0. The number of anilines is 3. The van der Waals surface area contributed by atoms with Crippen molar-refractivity contribution in [3.05, 3.63) is 48.2 Å². The number of nitrogens with one attached hydrogen (secondary N) is 2. The van der Waals surface area contributed by atoms with Crippen molar-refractivity contribution < 1.29 is 9.59 Å². The molecule has 3 rings (SSSR count). The van der Waals surface area contributed by atoms with Gasteiger partial charge in [-0.25, -0.2) is 9.78 Å². The van der Waals surface area contributed by atoms with Crippen LogP contribution in [0.15, 0.2) is 42.5 Å². The Kier molecular flexibility index (Phi) is 5.98. The first-order valence-corrected chi connectivity index (χ1v) is 8.04. The van der Waals surface area contributed by atoms with E-state index in [1.54, 1.807) is 11.0 Å². The Balaban J connectivity index is 0.00000225. The summed E-state index contributed by atoms with van der Waals surface area (Å²) < 4.78 is 0. The number of hydrogen-bond donors (Lipinski definition) is 2. The van der Waals surface area contributed by atoms with Gasteiger partial charge in [-0.15, -0.1) is 12.4 Å². The predicted molar refractivity (Wildman–Crippen MR) is 100 cm³/mol. The first-order valence-electron chi connectivity index (χ1n) is 8.04. The maximum absolute atomic E-state index is 12.3. The van der Waals surface area contributed by atoms with E-state index in [0.717, 1.165) is 23.5 Å². The van der Waals surface area contributed by atoms with Crippen molar-refractivity contribution in [3.63, 3.8) is 0 Å². The summed E-state index contributed by atoms with van der Waals surface area (Å²) in [5, 5.41) is 5.64. The Bertz CT molecular complexity index is 767. The largest absolute Gasteiger partial charge is 0.332 e. The van der Waals surface area contributed by atoms with Gasteiger partial charge in [-0.05, 0) is 30.7 Å². The zero-order valence-corrected chi connectivity index (χ0v) is 15.0. The molecule has 6 nitrogen and oxygen atoms in total. The molecule has 25 heavy (non-hydrogen) atoms. The van der Waals surface area contributed by atoms with Crippen molar-refractivity contribution >= 4 is 41.5 Å². The molecule has 1 aromatic carbocycles. The molecule has 0 radical (unpaired) electrons. The van der Waals surface area contributed by atoms with Crippen molar-refractivity contribution in [1.82, 2.24) is 10.3 Å². The van der Waals surface area contributed by atoms with Gasteiger partial charge < -0.3 is 10.6 Å². The van der Waals surface area contributed by atoms with Crippen molar-refractivity contribution in [2.24, 2.45) is 5.92 Å². The van der Waals surface area contributed by atoms with Gasteiger partial charge in [0, 0.05) is 5.92 Å². The minimum absolute atomic E-state index is 0. The van der Waals surface area contributed by atoms with Gasteiger partial charge in [-0.3, -0.25) is 9.69 Å². The number of fused-ring (bicyclic) bond motifs is 1. The Morgan fingerprint density at radius 2 is 2.00 bits per heavy atom. The molecule has 1 aromatic heterocycles. The highest BCUT2D eigenvalue weighted by Gasteiger charge is 2.26. The summed E-state index contributed by atoms with van der Waals surface area (Å²) in [5.41, 5.74) is 2.22. The number of hydrogen-bond acceptors (Lipinski definition) is 3. The van der Waals surface area contributed by atoms with Gasteiger partial charge in [0.05, 0.1) is 23.6 Å². The number of carbonyl (C=O) groups is 2. The Morgan fingerprint density at radius 3 is 2.68 bits per heavy atom. The fourth-order valence-electron chi connectivity index (χ4n) is 2.51. The highest BCUT2D eigenvalue weighted by atomic mass is 35.5. The summed E-state index contributed by atoms with van der Waals surface area (Å²) in [6, 6.07) is 12.8. The molecule has 7 heteroatoms. The lowest BCUT2D eigenvalue weighted by Gasteiger charge is -2.29. The van der Waals surface area contributed by atoms with E-state index in [2.05, 4.69) is 15.6 Å². The number of nitrogens with zero attached hydrogens (tertiary/aromatic N) is 2. The summed E-state index contributed by atoms with van der Waals surface area (Å²) in [4.78, 5) is 30.4. The third kappa shape index (κ3) is 3.91. The molecule has 1 aliphatic heterocycles. The van der Waals surface area contributed by atoms with Crippen LogP contribution in [0.25, 0.3) is 0 Å². The molecule has 0 fully saturated rings. The molecule has 0 aliphatic carbocycles. The predicted octanol–water partition coefficient (Wildman–Crippen LogP) is 3.85. The van der Waals surface area contributed by atoms with Gasteiger partial charge in [0.1, 0.15) is 5.82 Å². The van der Waals surface area contributed by atoms with Crippen LogP contribution in [0.3, 0.4) is 0 Å². The average Bonchev–Trinajstić information content (AvgIpc) is 2.61. The fourth-order valence-corrected chi connectivity index (χ4v) is 2.51. The Morgan fingerprint density at radius 1 is 1.28 bits per heavy atom. The lowest BCUT2D eigenvalue weighted by atomic mass is 10.1. The van der Waals surface area contributed by atoms with Crippen LogP contribution in [0.4, 0.5) is 22.0 Å². The van der Waals surface area contributed by atoms with Crippen LogP contribution in [0.1, 0.15) is 26.0 Å². The second-order valence-electron chi connectivity index (χ2n) is 5.79. The van der Waals surface area contributed by atoms with Gasteiger partial charge in [0.15, 0.2) is 0 Å². The normalized spacial score (nSPS) is 14.0. The van der Waals surface area contributed by atoms with E-state index in [0.29, 0.717) is 12.4 Å². The first kappa shape index (κ1) is 18.7. The van der Waals surface area contributed by atoms with Gasteiger partial charge >= 0.3 is 6.03 Å². The molecule has 0 saturated heterocycles. The maximum Gasteiger partial charge on any atom is 0.326 e. The van der Waals surface area contributed by atoms with Crippen LogP contribution in [0.2, 0.25) is 0 Å². The molecule has 2 heterocycles. The number of halogens is 1. The van der Waals surface area contributed by atoms with Crippen LogP contribution >= 0.6 is 12.4 Å². The SMILES string of the molecule is CC[C@@H](C)C(=O)Nc1ccc2c(n1)CNC(=O)N2c1ccccc1.Cl. The van der Waals surface area contributed by atoms with Gasteiger partial charge in [-0.1, -0.05) is 32.0 Å². The number of benzene rings is 1. The van der Waals surface area contributed by atoms with Crippen LogP contribution in [0, 0.1) is 5.92 Å². The standard InChI is InChI=1S/C18H20N4O2.ClH/c1-3-12(2)17(23)21-16-10-9-15-14(20-16)11-19-18(24)22(15)13-7-5-4-6-8-13;/h4-10,12H,3,11H2,1-2H3,(H,19,24)(H,20,21,23);1H/t12-;/m1./s1. The number of pyridine rings is 1. The molecule has 2 N–H and O–H groups in total. The number of amides is 3. The molecule has 1 atom stereocenters. The van der Waals surface area contributed by atoms with Gasteiger partial charge in [-0.2, -0.15) is 0 Å². The quantitative estimate of drug-likeness (QED) is 0.869. The molecule has 1 aliphatic rings. The van der Waals surface area contributed by atoms with Crippen molar-refractivity contribution in [2.45, 2.75) is 26.8 Å². The molecule has 0 spiro atoms. The average molecular weight is 361 g/mol. The molecule has 3 amide bonds. The summed E-state index contributed by atoms with van der Waals surface area (Å²) in [5.74, 6) is 0.385. The maximum atomic E-state index is 12.3. The molecular weight excluding hydrogens is 340 g/mol. The third-order valence-corrected chi connectivity index (χ3v) is 4.13. The zero-order chi connectivity index (χ0) is 17.1. The third-order valence-electron chi connectivity index (χ3n) is 4.13. The minimum atomic E-state index is -0.188. The fraction of sp³-hybridized carbons (Fsp3) is 0.278. The topological polar surface area (TPSA) is 74.3 Å². The highest BCUT2D eigenvalue weighted by molar-refractivity contribution is 6.01. The molecule has 132 valence electrons. The number of urea groups is 1. The van der Waals surface area contributed by atoms with E-state index in [9.17, 15) is 9.59 Å². The van der Waals surface area contributed by atoms with E-state index in [1.165, 1.54) is 0 Å². The first-order chi connectivity index (χ1) is 11.6. The van der Waals surface area contributed by atoms with Crippen molar-refractivity contribution in [3.8, 4) is 0 Å². The van der Waals surface area contributed by atoms with Crippen LogP contribution < -0.4 is 15.5 Å². The number of para-hydroxylation sites is 1. The molecule has 0 unspecified atom stereocenters. The molecule has 0 bridgehead atoms. The van der Waals surface area contributed by atoms with E-state index < -0.39 is 0 Å². The lowest BCUT2D eigenvalue weighted by Crippen LogP contribution is -2.41. The van der Waals surface area contributed by atoms with Crippen LogP contribution in [-0.4, -0.2) is 16.9 Å². The van der Waals surface area contributed by atoms with Crippen LogP contribution in [0.5, 0.6) is 0 Å². The zero-order valence-electron chi connectivity index (χ0n) is 14.2. The second kappa shape index (κ2) is 7.98. The summed E-state index contributed by atoms with van der Waals surface area (Å²) in [6.45, 7) is 4.19. The van der Waals surface area contributed by atoms with E-state index in [1.807, 2.05) is 50.2 Å².